The number of carboxylic acid groups (broad SMARTS) is 1. The fourth-order valence-corrected chi connectivity index (χ4v) is 5.47. The number of hydrogen-bond donors (Lipinski definition) is 2. The molecule has 2 N–H and O–H groups in total. The molecule has 0 bridgehead atoms. The molecule has 5 nitrogen and oxygen atoms in total. The highest BCUT2D eigenvalue weighted by Gasteiger charge is 2.54. The average Bonchev–Trinajstić information content (AvgIpc) is 3.48. The van der Waals surface area contributed by atoms with E-state index >= 15 is 0 Å². The van der Waals surface area contributed by atoms with Crippen molar-refractivity contribution in [2.75, 3.05) is 6.61 Å². The van der Waals surface area contributed by atoms with Crippen LogP contribution in [0.3, 0.4) is 0 Å². The standard InChI is InChI=1S/C25H27NO4/c27-23(28)14-25(17-12-13-17,16-6-5-7-16)26-24(29)30-15-22-20-10-3-1-8-18(20)19-9-2-4-11-21(19)22/h1-4,8-11,16-17,22H,5-7,12-15H2,(H,26,29)(H,27,28). The first-order valence-corrected chi connectivity index (χ1v) is 10.9. The molecule has 30 heavy (non-hydrogen) atoms. The van der Waals surface area contributed by atoms with Gasteiger partial charge in [0.2, 0.25) is 0 Å². The van der Waals surface area contributed by atoms with Gasteiger partial charge in [0, 0.05) is 5.92 Å². The van der Waals surface area contributed by atoms with Crippen molar-refractivity contribution >= 4 is 12.1 Å². The van der Waals surface area contributed by atoms with Crippen molar-refractivity contribution in [3.63, 3.8) is 0 Å². The second-order valence-electron chi connectivity index (χ2n) is 8.96. The van der Waals surface area contributed by atoms with Gasteiger partial charge in [0.05, 0.1) is 12.0 Å². The van der Waals surface area contributed by atoms with E-state index in [9.17, 15) is 14.7 Å². The summed E-state index contributed by atoms with van der Waals surface area (Å²) in [6.45, 7) is 0.248. The molecular formula is C25H27NO4. The van der Waals surface area contributed by atoms with E-state index in [2.05, 4.69) is 29.6 Å². The van der Waals surface area contributed by atoms with Crippen LogP contribution < -0.4 is 5.32 Å². The molecule has 0 saturated heterocycles. The van der Waals surface area contributed by atoms with Gasteiger partial charge < -0.3 is 15.2 Å². The Morgan fingerprint density at radius 1 is 0.933 bits per heavy atom. The summed E-state index contributed by atoms with van der Waals surface area (Å²) in [5, 5.41) is 12.6. The van der Waals surface area contributed by atoms with Crippen LogP contribution in [0, 0.1) is 11.8 Å². The van der Waals surface area contributed by atoms with Crippen LogP contribution in [0.5, 0.6) is 0 Å². The summed E-state index contributed by atoms with van der Waals surface area (Å²) in [6.07, 6.45) is 4.51. The van der Waals surface area contributed by atoms with Crippen LogP contribution in [0.4, 0.5) is 4.79 Å². The number of fused-ring (bicyclic) bond motifs is 3. The molecule has 2 aromatic rings. The van der Waals surface area contributed by atoms with E-state index in [-0.39, 0.29) is 30.8 Å². The summed E-state index contributed by atoms with van der Waals surface area (Å²) in [5.74, 6) is -0.365. The van der Waals surface area contributed by atoms with Crippen molar-refractivity contribution < 1.29 is 19.4 Å². The molecule has 2 saturated carbocycles. The molecule has 1 amide bonds. The fourth-order valence-electron chi connectivity index (χ4n) is 5.47. The lowest BCUT2D eigenvalue weighted by molar-refractivity contribution is -0.140. The second kappa shape index (κ2) is 7.46. The highest BCUT2D eigenvalue weighted by atomic mass is 16.5. The number of amides is 1. The Hall–Kier alpha value is -2.82. The van der Waals surface area contributed by atoms with Crippen LogP contribution in [0.2, 0.25) is 0 Å². The zero-order chi connectivity index (χ0) is 20.7. The van der Waals surface area contributed by atoms with Gasteiger partial charge in [0.25, 0.3) is 0 Å². The number of nitrogens with one attached hydrogen (secondary N) is 1. The molecule has 0 radical (unpaired) electrons. The van der Waals surface area contributed by atoms with E-state index in [4.69, 9.17) is 4.74 Å². The van der Waals surface area contributed by atoms with Crippen LogP contribution in [-0.4, -0.2) is 29.3 Å². The molecule has 5 heteroatoms. The Labute approximate surface area is 176 Å². The smallest absolute Gasteiger partial charge is 0.407 e. The number of carbonyl (C=O) groups excluding carboxylic acids is 1. The molecule has 1 atom stereocenters. The molecule has 3 aliphatic rings. The van der Waals surface area contributed by atoms with Gasteiger partial charge in [-0.2, -0.15) is 0 Å². The summed E-state index contributed by atoms with van der Waals surface area (Å²) in [4.78, 5) is 24.5. The van der Waals surface area contributed by atoms with Crippen LogP contribution in [0.1, 0.15) is 55.6 Å². The van der Waals surface area contributed by atoms with Crippen molar-refractivity contribution in [1.82, 2.24) is 5.32 Å². The Balaban J connectivity index is 1.33. The number of rotatable bonds is 7. The summed E-state index contributed by atoms with van der Waals surface area (Å²) in [6, 6.07) is 16.5. The van der Waals surface area contributed by atoms with Crippen molar-refractivity contribution in [3.8, 4) is 11.1 Å². The number of hydrogen-bond acceptors (Lipinski definition) is 3. The van der Waals surface area contributed by atoms with Gasteiger partial charge in [-0.25, -0.2) is 4.79 Å². The van der Waals surface area contributed by atoms with Gasteiger partial charge in [-0.3, -0.25) is 4.79 Å². The maximum Gasteiger partial charge on any atom is 0.407 e. The first kappa shape index (κ1) is 19.2. The third kappa shape index (κ3) is 3.26. The largest absolute Gasteiger partial charge is 0.481 e. The normalized spacial score (nSPS) is 19.9. The second-order valence-corrected chi connectivity index (χ2v) is 8.96. The minimum absolute atomic E-state index is 0.00153. The third-order valence-corrected chi connectivity index (χ3v) is 7.26. The van der Waals surface area contributed by atoms with E-state index in [1.165, 1.54) is 22.3 Å². The first-order valence-electron chi connectivity index (χ1n) is 10.9. The van der Waals surface area contributed by atoms with E-state index in [0.717, 1.165) is 32.1 Å². The summed E-state index contributed by atoms with van der Waals surface area (Å²) >= 11 is 0. The first-order chi connectivity index (χ1) is 14.6. The maximum atomic E-state index is 12.9. The Morgan fingerprint density at radius 3 is 2.00 bits per heavy atom. The monoisotopic (exact) mass is 405 g/mol. The number of carboxylic acids is 1. The fraction of sp³-hybridized carbons (Fsp3) is 0.440. The zero-order valence-electron chi connectivity index (χ0n) is 17.0. The van der Waals surface area contributed by atoms with E-state index in [1.807, 2.05) is 24.3 Å². The van der Waals surface area contributed by atoms with Crippen molar-refractivity contribution in [1.29, 1.82) is 0 Å². The molecule has 1 unspecified atom stereocenters. The number of benzene rings is 2. The predicted octanol–water partition coefficient (Wildman–Crippen LogP) is 4.95. The number of aliphatic carboxylic acids is 1. The van der Waals surface area contributed by atoms with Crippen LogP contribution in [-0.2, 0) is 9.53 Å². The molecule has 3 aliphatic carbocycles. The number of alkyl carbamates (subject to hydrolysis) is 1. The molecule has 2 aromatic carbocycles. The SMILES string of the molecule is O=C(O)CC(NC(=O)OCC1c2ccccc2-c2ccccc21)(C1CCC1)C1CC1. The van der Waals surface area contributed by atoms with Gasteiger partial charge in [0.15, 0.2) is 0 Å². The molecule has 156 valence electrons. The van der Waals surface area contributed by atoms with E-state index in [0.29, 0.717) is 0 Å². The minimum atomic E-state index is -0.854. The summed E-state index contributed by atoms with van der Waals surface area (Å²) in [7, 11) is 0. The van der Waals surface area contributed by atoms with Gasteiger partial charge in [-0.15, -0.1) is 0 Å². The molecule has 5 rings (SSSR count). The lowest BCUT2D eigenvalue weighted by atomic mass is 9.66. The average molecular weight is 405 g/mol. The highest BCUT2D eigenvalue weighted by molar-refractivity contribution is 5.79. The predicted molar refractivity (Wildman–Crippen MR) is 113 cm³/mol. The lowest BCUT2D eigenvalue weighted by Gasteiger charge is -2.45. The van der Waals surface area contributed by atoms with E-state index in [1.54, 1.807) is 0 Å². The Bertz CT molecular complexity index is 933. The van der Waals surface area contributed by atoms with Gasteiger partial charge in [-0.1, -0.05) is 55.0 Å². The molecule has 0 spiro atoms. The zero-order valence-corrected chi connectivity index (χ0v) is 17.0. The topological polar surface area (TPSA) is 75.6 Å². The van der Waals surface area contributed by atoms with Crippen LogP contribution in [0.25, 0.3) is 11.1 Å². The van der Waals surface area contributed by atoms with Crippen molar-refractivity contribution in [2.24, 2.45) is 11.8 Å². The number of carbonyl (C=O) groups is 2. The van der Waals surface area contributed by atoms with Crippen LogP contribution in [0.15, 0.2) is 48.5 Å². The molecule has 0 heterocycles. The third-order valence-electron chi connectivity index (χ3n) is 7.26. The van der Waals surface area contributed by atoms with Crippen LogP contribution >= 0.6 is 0 Å². The van der Waals surface area contributed by atoms with Crippen molar-refractivity contribution in [3.05, 3.63) is 59.7 Å². The highest BCUT2D eigenvalue weighted by Crippen LogP contribution is 2.51. The Kier molecular flexibility index (Phi) is 4.76. The Morgan fingerprint density at radius 2 is 1.50 bits per heavy atom. The van der Waals surface area contributed by atoms with Gasteiger partial charge in [0.1, 0.15) is 6.61 Å². The quantitative estimate of drug-likeness (QED) is 0.683. The molecular weight excluding hydrogens is 378 g/mol. The molecule has 0 aliphatic heterocycles. The van der Waals surface area contributed by atoms with Crippen molar-refractivity contribution in [2.45, 2.75) is 50.0 Å². The lowest BCUT2D eigenvalue weighted by Crippen LogP contribution is -2.58. The summed E-state index contributed by atoms with van der Waals surface area (Å²) < 4.78 is 5.73. The minimum Gasteiger partial charge on any atom is -0.481 e. The molecule has 2 fully saturated rings. The maximum absolute atomic E-state index is 12.9. The van der Waals surface area contributed by atoms with E-state index < -0.39 is 17.6 Å². The van der Waals surface area contributed by atoms with Gasteiger partial charge >= 0.3 is 12.1 Å². The summed E-state index contributed by atoms with van der Waals surface area (Å²) in [5.41, 5.74) is 4.06. The van der Waals surface area contributed by atoms with Gasteiger partial charge in [-0.05, 0) is 59.8 Å². The number of ether oxygens (including phenoxy) is 1. The molecule has 0 aromatic heterocycles.